The minimum Gasteiger partial charge on any atom is -0.396 e. The third kappa shape index (κ3) is 3.24. The quantitative estimate of drug-likeness (QED) is 0.798. The van der Waals surface area contributed by atoms with Crippen molar-refractivity contribution in [2.24, 2.45) is 0 Å². The van der Waals surface area contributed by atoms with Crippen molar-refractivity contribution in [1.82, 2.24) is 14.9 Å². The SMILES string of the molecule is Cc1nnsc1C(=O)NC(C)(C)CCO. The zero-order chi connectivity index (χ0) is 11.5. The molecule has 0 saturated heterocycles. The van der Waals surface area contributed by atoms with Gasteiger partial charge in [0.15, 0.2) is 0 Å². The van der Waals surface area contributed by atoms with E-state index in [1.54, 1.807) is 6.92 Å². The first-order chi connectivity index (χ1) is 6.96. The maximum atomic E-state index is 11.8. The molecule has 0 aliphatic rings. The molecule has 15 heavy (non-hydrogen) atoms. The van der Waals surface area contributed by atoms with Crippen LogP contribution in [-0.4, -0.2) is 32.7 Å². The average Bonchev–Trinajstić information content (AvgIpc) is 2.50. The van der Waals surface area contributed by atoms with Crippen molar-refractivity contribution in [1.29, 1.82) is 0 Å². The molecule has 0 atom stereocenters. The topological polar surface area (TPSA) is 75.1 Å². The van der Waals surface area contributed by atoms with Crippen LogP contribution >= 0.6 is 11.5 Å². The standard InChI is InChI=1S/C9H15N3O2S/c1-6-7(15-12-11-6)8(14)10-9(2,3)4-5-13/h13H,4-5H2,1-3H3,(H,10,14). The van der Waals surface area contributed by atoms with Gasteiger partial charge in [-0.25, -0.2) is 0 Å². The van der Waals surface area contributed by atoms with E-state index in [-0.39, 0.29) is 12.5 Å². The van der Waals surface area contributed by atoms with Gasteiger partial charge in [0.1, 0.15) is 4.88 Å². The van der Waals surface area contributed by atoms with Crippen LogP contribution in [0.15, 0.2) is 0 Å². The molecule has 0 radical (unpaired) electrons. The molecular formula is C9H15N3O2S. The summed E-state index contributed by atoms with van der Waals surface area (Å²) in [5.74, 6) is -0.180. The van der Waals surface area contributed by atoms with Gasteiger partial charge in [0.2, 0.25) is 0 Å². The first-order valence-corrected chi connectivity index (χ1v) is 5.46. The second kappa shape index (κ2) is 4.67. The van der Waals surface area contributed by atoms with Crippen LogP contribution in [0.2, 0.25) is 0 Å². The van der Waals surface area contributed by atoms with Crippen LogP contribution in [0.1, 0.15) is 35.6 Å². The molecule has 1 amide bonds. The van der Waals surface area contributed by atoms with Gasteiger partial charge in [0.25, 0.3) is 5.91 Å². The van der Waals surface area contributed by atoms with Crippen LogP contribution in [-0.2, 0) is 0 Å². The number of nitrogens with zero attached hydrogens (tertiary/aromatic N) is 2. The second-order valence-electron chi connectivity index (χ2n) is 4.00. The van der Waals surface area contributed by atoms with Crippen LogP contribution in [0.5, 0.6) is 0 Å². The third-order valence-electron chi connectivity index (χ3n) is 2.05. The van der Waals surface area contributed by atoms with Crippen molar-refractivity contribution in [3.63, 3.8) is 0 Å². The minimum atomic E-state index is -0.414. The minimum absolute atomic E-state index is 0.0488. The van der Waals surface area contributed by atoms with E-state index in [4.69, 9.17) is 5.11 Å². The van der Waals surface area contributed by atoms with Crippen molar-refractivity contribution in [3.05, 3.63) is 10.6 Å². The van der Waals surface area contributed by atoms with Crippen molar-refractivity contribution >= 4 is 17.4 Å². The van der Waals surface area contributed by atoms with Gasteiger partial charge in [-0.3, -0.25) is 4.79 Å². The van der Waals surface area contributed by atoms with E-state index >= 15 is 0 Å². The summed E-state index contributed by atoms with van der Waals surface area (Å²) in [6.45, 7) is 5.53. The molecule has 0 saturated carbocycles. The third-order valence-corrected chi connectivity index (χ3v) is 2.87. The monoisotopic (exact) mass is 229 g/mol. The first kappa shape index (κ1) is 12.1. The fourth-order valence-corrected chi connectivity index (χ4v) is 1.70. The number of aliphatic hydroxyl groups is 1. The number of aromatic nitrogens is 2. The number of aryl methyl sites for hydroxylation is 1. The first-order valence-electron chi connectivity index (χ1n) is 4.68. The van der Waals surface area contributed by atoms with E-state index in [9.17, 15) is 4.79 Å². The second-order valence-corrected chi connectivity index (χ2v) is 4.75. The Morgan fingerprint density at radius 1 is 1.60 bits per heavy atom. The van der Waals surface area contributed by atoms with Crippen molar-refractivity contribution in [2.45, 2.75) is 32.7 Å². The van der Waals surface area contributed by atoms with Gasteiger partial charge in [-0.05, 0) is 38.7 Å². The van der Waals surface area contributed by atoms with Gasteiger partial charge in [-0.2, -0.15) is 0 Å². The molecule has 0 bridgehead atoms. The predicted molar refractivity (Wildman–Crippen MR) is 57.9 cm³/mol. The van der Waals surface area contributed by atoms with Crippen LogP contribution in [0, 0.1) is 6.92 Å². The lowest BCUT2D eigenvalue weighted by Gasteiger charge is -2.24. The molecule has 5 nitrogen and oxygen atoms in total. The molecule has 6 heteroatoms. The molecule has 0 spiro atoms. The number of aliphatic hydroxyl groups excluding tert-OH is 1. The van der Waals surface area contributed by atoms with Gasteiger partial charge in [0.05, 0.1) is 5.69 Å². The Labute approximate surface area is 92.7 Å². The molecule has 84 valence electrons. The Balaban J connectivity index is 2.68. The van der Waals surface area contributed by atoms with E-state index in [0.717, 1.165) is 11.5 Å². The van der Waals surface area contributed by atoms with E-state index in [1.165, 1.54) is 0 Å². The molecule has 0 unspecified atom stereocenters. The summed E-state index contributed by atoms with van der Waals surface area (Å²) in [6.07, 6.45) is 0.518. The summed E-state index contributed by atoms with van der Waals surface area (Å²) in [6, 6.07) is 0. The summed E-state index contributed by atoms with van der Waals surface area (Å²) in [4.78, 5) is 12.3. The molecule has 1 rings (SSSR count). The fourth-order valence-electron chi connectivity index (χ4n) is 1.15. The number of carbonyl (C=O) groups is 1. The lowest BCUT2D eigenvalue weighted by molar-refractivity contribution is 0.0903. The number of rotatable bonds is 4. The highest BCUT2D eigenvalue weighted by atomic mass is 32.1. The number of hydrogen-bond donors (Lipinski definition) is 2. The molecule has 1 aromatic heterocycles. The van der Waals surface area contributed by atoms with E-state index < -0.39 is 5.54 Å². The van der Waals surface area contributed by atoms with Gasteiger partial charge < -0.3 is 10.4 Å². The smallest absolute Gasteiger partial charge is 0.265 e. The zero-order valence-corrected chi connectivity index (χ0v) is 9.89. The van der Waals surface area contributed by atoms with Crippen LogP contribution in [0.4, 0.5) is 0 Å². The fraction of sp³-hybridized carbons (Fsp3) is 0.667. The van der Waals surface area contributed by atoms with Gasteiger partial charge in [-0.15, -0.1) is 5.10 Å². The maximum Gasteiger partial charge on any atom is 0.265 e. The number of nitrogens with one attached hydrogen (secondary N) is 1. The summed E-state index contributed by atoms with van der Waals surface area (Å²) in [5, 5.41) is 15.4. The number of carbonyl (C=O) groups excluding carboxylic acids is 1. The largest absolute Gasteiger partial charge is 0.396 e. The van der Waals surface area contributed by atoms with Crippen LogP contribution < -0.4 is 5.32 Å². The van der Waals surface area contributed by atoms with Crippen LogP contribution in [0.25, 0.3) is 0 Å². The molecule has 0 fully saturated rings. The summed E-state index contributed by atoms with van der Waals surface area (Å²) in [5.41, 5.74) is 0.222. The molecular weight excluding hydrogens is 214 g/mol. The highest BCUT2D eigenvalue weighted by molar-refractivity contribution is 7.08. The van der Waals surface area contributed by atoms with Crippen molar-refractivity contribution in [2.75, 3.05) is 6.61 Å². The van der Waals surface area contributed by atoms with E-state index in [0.29, 0.717) is 17.0 Å². The van der Waals surface area contributed by atoms with Gasteiger partial charge in [0, 0.05) is 12.1 Å². The molecule has 1 aromatic rings. The van der Waals surface area contributed by atoms with E-state index in [2.05, 4.69) is 14.9 Å². The maximum absolute atomic E-state index is 11.8. The summed E-state index contributed by atoms with van der Waals surface area (Å²) < 4.78 is 3.70. The normalized spacial score (nSPS) is 11.5. The predicted octanol–water partition coefficient (Wildman–Crippen LogP) is 0.737. The lowest BCUT2D eigenvalue weighted by atomic mass is 10.0. The lowest BCUT2D eigenvalue weighted by Crippen LogP contribution is -2.43. The van der Waals surface area contributed by atoms with Gasteiger partial charge in [-0.1, -0.05) is 4.49 Å². The molecule has 1 heterocycles. The van der Waals surface area contributed by atoms with Crippen LogP contribution in [0.3, 0.4) is 0 Å². The molecule has 2 N–H and O–H groups in total. The highest BCUT2D eigenvalue weighted by Gasteiger charge is 2.22. The Morgan fingerprint density at radius 2 is 2.27 bits per heavy atom. The Kier molecular flexibility index (Phi) is 3.76. The van der Waals surface area contributed by atoms with Crippen molar-refractivity contribution < 1.29 is 9.90 Å². The molecule has 0 aliphatic heterocycles. The molecule has 0 aliphatic carbocycles. The number of amides is 1. The Morgan fingerprint density at radius 3 is 2.73 bits per heavy atom. The molecule has 0 aromatic carbocycles. The van der Waals surface area contributed by atoms with E-state index in [1.807, 2.05) is 13.8 Å². The summed E-state index contributed by atoms with van der Waals surface area (Å²) in [7, 11) is 0. The summed E-state index contributed by atoms with van der Waals surface area (Å²) >= 11 is 1.08. The highest BCUT2D eigenvalue weighted by Crippen LogP contribution is 2.13. The van der Waals surface area contributed by atoms with Gasteiger partial charge >= 0.3 is 0 Å². The zero-order valence-electron chi connectivity index (χ0n) is 9.07. The Bertz CT molecular complexity index is 349. The Hall–Kier alpha value is -1.01. The van der Waals surface area contributed by atoms with Crippen molar-refractivity contribution in [3.8, 4) is 0 Å². The number of hydrogen-bond acceptors (Lipinski definition) is 5. The average molecular weight is 229 g/mol.